The first kappa shape index (κ1) is 18.6. The number of rotatable bonds is 5. The van der Waals surface area contributed by atoms with E-state index < -0.39 is 0 Å². The molecule has 0 atom stereocenters. The van der Waals surface area contributed by atoms with Crippen LogP contribution in [-0.2, 0) is 11.2 Å². The Hall–Kier alpha value is -2.74. The minimum atomic E-state index is 0.130. The maximum atomic E-state index is 12.7. The summed E-state index contributed by atoms with van der Waals surface area (Å²) < 4.78 is 14.9. The molecule has 1 fully saturated rings. The van der Waals surface area contributed by atoms with Gasteiger partial charge in [-0.2, -0.15) is 0 Å². The number of hydrogen-bond donors (Lipinski definition) is 0. The minimum Gasteiger partial charge on any atom is -0.496 e. The van der Waals surface area contributed by atoms with E-state index in [1.54, 1.807) is 7.11 Å². The molecular weight excluding hydrogens is 376 g/mol. The summed E-state index contributed by atoms with van der Waals surface area (Å²) in [6.07, 6.45) is 2.09. The predicted molar refractivity (Wildman–Crippen MR) is 105 cm³/mol. The monoisotopic (exact) mass is 398 g/mol. The van der Waals surface area contributed by atoms with E-state index in [1.807, 2.05) is 42.2 Å². The zero-order valence-electron chi connectivity index (χ0n) is 15.9. The van der Waals surface area contributed by atoms with Crippen molar-refractivity contribution in [3.63, 3.8) is 0 Å². The van der Waals surface area contributed by atoms with Crippen LogP contribution in [0.4, 0.5) is 0 Å². The molecule has 0 aliphatic carbocycles. The molecule has 28 heavy (non-hydrogen) atoms. The van der Waals surface area contributed by atoms with E-state index >= 15 is 0 Å². The second kappa shape index (κ2) is 8.10. The van der Waals surface area contributed by atoms with Gasteiger partial charge in [-0.05, 0) is 37.4 Å². The van der Waals surface area contributed by atoms with E-state index in [4.69, 9.17) is 9.26 Å². The SMILES string of the molecule is COc1ccccc1CC(=O)N1CCC(c2nnsc2-c2cc(C)no2)CC1. The molecule has 0 N–H and O–H groups in total. The van der Waals surface area contributed by atoms with Crippen LogP contribution >= 0.6 is 11.5 Å². The van der Waals surface area contributed by atoms with Gasteiger partial charge >= 0.3 is 0 Å². The third-order valence-corrected chi connectivity index (χ3v) is 5.89. The molecule has 1 aliphatic heterocycles. The molecule has 146 valence electrons. The predicted octanol–water partition coefficient (Wildman–Crippen LogP) is 3.46. The van der Waals surface area contributed by atoms with Crippen molar-refractivity contribution in [2.24, 2.45) is 0 Å². The van der Waals surface area contributed by atoms with Crippen LogP contribution in [0, 0.1) is 6.92 Å². The van der Waals surface area contributed by atoms with Crippen LogP contribution in [0.25, 0.3) is 10.6 Å². The normalized spacial score (nSPS) is 15.0. The number of nitrogens with zero attached hydrogens (tertiary/aromatic N) is 4. The molecular formula is C20H22N4O3S. The van der Waals surface area contributed by atoms with E-state index in [0.717, 1.165) is 46.2 Å². The van der Waals surface area contributed by atoms with Crippen molar-refractivity contribution in [3.8, 4) is 16.4 Å². The van der Waals surface area contributed by atoms with Crippen LogP contribution in [0.2, 0.25) is 0 Å². The number of hydrogen-bond acceptors (Lipinski definition) is 7. The van der Waals surface area contributed by atoms with Crippen molar-refractivity contribution < 1.29 is 14.1 Å². The summed E-state index contributed by atoms with van der Waals surface area (Å²) in [5, 5.41) is 8.31. The summed E-state index contributed by atoms with van der Waals surface area (Å²) >= 11 is 1.33. The van der Waals surface area contributed by atoms with Gasteiger partial charge in [-0.15, -0.1) is 5.10 Å². The number of aryl methyl sites for hydroxylation is 1. The summed E-state index contributed by atoms with van der Waals surface area (Å²) in [6, 6.07) is 9.57. The second-order valence-corrected chi connectivity index (χ2v) is 7.72. The van der Waals surface area contributed by atoms with Gasteiger partial charge in [-0.25, -0.2) is 0 Å². The highest BCUT2D eigenvalue weighted by Gasteiger charge is 2.29. The van der Waals surface area contributed by atoms with E-state index in [9.17, 15) is 4.79 Å². The fourth-order valence-corrected chi connectivity index (χ4v) is 4.33. The lowest BCUT2D eigenvalue weighted by molar-refractivity contribution is -0.131. The maximum Gasteiger partial charge on any atom is 0.227 e. The van der Waals surface area contributed by atoms with Crippen LogP contribution in [0.15, 0.2) is 34.9 Å². The van der Waals surface area contributed by atoms with Crippen molar-refractivity contribution in [1.82, 2.24) is 19.6 Å². The van der Waals surface area contributed by atoms with E-state index in [1.165, 1.54) is 11.5 Å². The molecule has 0 radical (unpaired) electrons. The molecule has 4 rings (SSSR count). The van der Waals surface area contributed by atoms with Gasteiger partial charge in [0.15, 0.2) is 5.76 Å². The topological polar surface area (TPSA) is 81.4 Å². The molecule has 1 amide bonds. The van der Waals surface area contributed by atoms with Gasteiger partial charge < -0.3 is 14.2 Å². The first-order valence-corrected chi connectivity index (χ1v) is 10.1. The Bertz CT molecular complexity index is 960. The maximum absolute atomic E-state index is 12.7. The van der Waals surface area contributed by atoms with Gasteiger partial charge in [0.25, 0.3) is 0 Å². The third kappa shape index (κ3) is 3.77. The Balaban J connectivity index is 1.40. The van der Waals surface area contributed by atoms with Gasteiger partial charge in [0.05, 0.1) is 24.9 Å². The highest BCUT2D eigenvalue weighted by Crippen LogP contribution is 2.36. The van der Waals surface area contributed by atoms with E-state index in [0.29, 0.717) is 19.5 Å². The molecule has 3 aromatic rings. The van der Waals surface area contributed by atoms with Crippen molar-refractivity contribution in [2.75, 3.05) is 20.2 Å². The summed E-state index contributed by atoms with van der Waals surface area (Å²) in [5.74, 6) is 1.88. The summed E-state index contributed by atoms with van der Waals surface area (Å²) in [7, 11) is 1.63. The fraction of sp³-hybridized carbons (Fsp3) is 0.400. The Kier molecular flexibility index (Phi) is 5.38. The molecule has 8 heteroatoms. The first-order chi connectivity index (χ1) is 13.7. The average molecular weight is 398 g/mol. The minimum absolute atomic E-state index is 0.130. The smallest absolute Gasteiger partial charge is 0.227 e. The lowest BCUT2D eigenvalue weighted by Crippen LogP contribution is -2.39. The number of amides is 1. The highest BCUT2D eigenvalue weighted by molar-refractivity contribution is 7.09. The van der Waals surface area contributed by atoms with E-state index in [2.05, 4.69) is 14.7 Å². The molecule has 3 heterocycles. The first-order valence-electron chi connectivity index (χ1n) is 9.31. The standard InChI is InChI=1S/C20H22N4O3S/c1-13-11-17(27-22-13)20-19(21-23-28-20)14-7-9-24(10-8-14)18(25)12-15-5-3-4-6-16(15)26-2/h3-6,11,14H,7-10,12H2,1-2H3. The van der Waals surface area contributed by atoms with Crippen LogP contribution in [0.1, 0.15) is 35.7 Å². The summed E-state index contributed by atoms with van der Waals surface area (Å²) in [5.41, 5.74) is 2.72. The van der Waals surface area contributed by atoms with Gasteiger partial charge in [0.2, 0.25) is 5.91 Å². The fourth-order valence-electron chi connectivity index (χ4n) is 3.63. The van der Waals surface area contributed by atoms with Crippen molar-refractivity contribution >= 4 is 17.4 Å². The Labute approximate surface area is 167 Å². The molecule has 0 saturated carbocycles. The number of carbonyl (C=O) groups is 1. The zero-order valence-corrected chi connectivity index (χ0v) is 16.7. The lowest BCUT2D eigenvalue weighted by Gasteiger charge is -2.31. The van der Waals surface area contributed by atoms with Gasteiger partial charge in [-0.3, -0.25) is 4.79 Å². The summed E-state index contributed by atoms with van der Waals surface area (Å²) in [4.78, 5) is 15.6. The Morgan fingerprint density at radius 2 is 2.11 bits per heavy atom. The van der Waals surface area contributed by atoms with Crippen LogP contribution in [0.3, 0.4) is 0 Å². The third-order valence-electron chi connectivity index (χ3n) is 5.13. The number of benzene rings is 1. The summed E-state index contributed by atoms with van der Waals surface area (Å²) in [6.45, 7) is 3.32. The van der Waals surface area contributed by atoms with Crippen molar-refractivity contribution in [2.45, 2.75) is 32.1 Å². The molecule has 0 bridgehead atoms. The Morgan fingerprint density at radius 3 is 2.82 bits per heavy atom. The number of ether oxygens (including phenoxy) is 1. The molecule has 2 aromatic heterocycles. The number of piperidine rings is 1. The second-order valence-electron chi connectivity index (χ2n) is 6.96. The molecule has 0 spiro atoms. The number of carbonyl (C=O) groups excluding carboxylic acids is 1. The van der Waals surface area contributed by atoms with Gasteiger partial charge in [-0.1, -0.05) is 27.8 Å². The average Bonchev–Trinajstić information content (AvgIpc) is 3.37. The zero-order chi connectivity index (χ0) is 19.5. The van der Waals surface area contributed by atoms with Crippen molar-refractivity contribution in [1.29, 1.82) is 0 Å². The van der Waals surface area contributed by atoms with E-state index in [-0.39, 0.29) is 11.8 Å². The molecule has 1 saturated heterocycles. The quantitative estimate of drug-likeness (QED) is 0.655. The van der Waals surface area contributed by atoms with Gasteiger partial charge in [0.1, 0.15) is 10.6 Å². The van der Waals surface area contributed by atoms with Gasteiger partial charge in [0, 0.05) is 30.6 Å². The molecule has 1 aromatic carbocycles. The lowest BCUT2D eigenvalue weighted by atomic mass is 9.92. The largest absolute Gasteiger partial charge is 0.496 e. The Morgan fingerprint density at radius 1 is 1.32 bits per heavy atom. The van der Waals surface area contributed by atoms with Crippen LogP contribution in [0.5, 0.6) is 5.75 Å². The molecule has 1 aliphatic rings. The van der Waals surface area contributed by atoms with Crippen LogP contribution < -0.4 is 4.74 Å². The van der Waals surface area contributed by atoms with Crippen molar-refractivity contribution in [3.05, 3.63) is 47.3 Å². The number of aromatic nitrogens is 3. The number of para-hydroxylation sites is 1. The number of methoxy groups -OCH3 is 1. The number of likely N-dealkylation sites (tertiary alicyclic amines) is 1. The molecule has 7 nitrogen and oxygen atoms in total. The highest BCUT2D eigenvalue weighted by atomic mass is 32.1. The molecule has 0 unspecified atom stereocenters. The van der Waals surface area contributed by atoms with Crippen LogP contribution in [-0.4, -0.2) is 45.7 Å².